The Hall–Kier alpha value is 1.07. The molecule has 0 amide bonds. The second-order valence-electron chi connectivity index (χ2n) is 2.36. The van der Waals surface area contributed by atoms with Crippen LogP contribution in [0.2, 0.25) is 0 Å². The average molecular weight is 156 g/mol. The molecule has 0 rings (SSSR count). The quantitative estimate of drug-likeness (QED) is 0.413. The Morgan fingerprint density at radius 2 is 2.00 bits per heavy atom. The van der Waals surface area contributed by atoms with Crippen LogP contribution in [0.4, 0.5) is 0 Å². The van der Waals surface area contributed by atoms with Crippen molar-refractivity contribution in [3.63, 3.8) is 0 Å². The molecule has 0 spiro atoms. The number of hydrogen-bond donors (Lipinski definition) is 1. The fraction of sp³-hybridized carbons (Fsp3) is 0.800. The van der Waals surface area contributed by atoms with E-state index in [1.807, 2.05) is 0 Å². The Kier molecular flexibility index (Phi) is 6.81. The molecule has 0 radical (unpaired) electrons. The first-order chi connectivity index (χ1) is 3.42. The minimum absolute atomic E-state index is 0. The third kappa shape index (κ3) is 12.3. The van der Waals surface area contributed by atoms with Gasteiger partial charge in [0.1, 0.15) is 0 Å². The van der Waals surface area contributed by atoms with Gasteiger partial charge in [0.25, 0.3) is 0 Å². The van der Waals surface area contributed by atoms with Crippen LogP contribution in [0.15, 0.2) is 0 Å². The van der Waals surface area contributed by atoms with Crippen LogP contribution in [0, 0.1) is 0 Å². The number of aliphatic hydroxyl groups is 1. The van der Waals surface area contributed by atoms with Crippen LogP contribution < -0.4 is 56.5 Å². The molecule has 0 atom stereocenters. The standard InChI is InChI=1S/C5H10O3.K/c1-5(2,8)3-4(6)7;/h8H,3H2,1-2H3,(H,6,7);/q;+1/p-1. The Balaban J connectivity index is 0. The van der Waals surface area contributed by atoms with E-state index < -0.39 is 11.6 Å². The summed E-state index contributed by atoms with van der Waals surface area (Å²) in [5.41, 5.74) is -1.14. The fourth-order valence-corrected chi connectivity index (χ4v) is 0.353. The summed E-state index contributed by atoms with van der Waals surface area (Å²) in [6, 6.07) is 0. The molecule has 0 heterocycles. The van der Waals surface area contributed by atoms with E-state index in [4.69, 9.17) is 5.11 Å². The smallest absolute Gasteiger partial charge is 0.550 e. The zero-order valence-corrected chi connectivity index (χ0v) is 9.09. The summed E-state index contributed by atoms with van der Waals surface area (Å²) in [6.45, 7) is 2.84. The normalized spacial score (nSPS) is 10.1. The van der Waals surface area contributed by atoms with Crippen molar-refractivity contribution in [3.05, 3.63) is 0 Å². The Morgan fingerprint density at radius 3 is 2.00 bits per heavy atom. The molecule has 4 heteroatoms. The summed E-state index contributed by atoms with van der Waals surface area (Å²) in [4.78, 5) is 9.74. The Morgan fingerprint density at radius 1 is 1.67 bits per heavy atom. The van der Waals surface area contributed by atoms with Crippen molar-refractivity contribution >= 4 is 5.97 Å². The summed E-state index contributed by atoms with van der Waals surface area (Å²) in [6.07, 6.45) is -0.313. The maximum absolute atomic E-state index is 9.74. The molecule has 0 aromatic heterocycles. The van der Waals surface area contributed by atoms with Crippen molar-refractivity contribution in [3.8, 4) is 0 Å². The molecule has 0 fully saturated rings. The van der Waals surface area contributed by atoms with E-state index in [-0.39, 0.29) is 57.8 Å². The predicted octanol–water partition coefficient (Wildman–Crippen LogP) is -4.10. The first-order valence-corrected chi connectivity index (χ1v) is 2.34. The maximum Gasteiger partial charge on any atom is 1.00 e. The van der Waals surface area contributed by atoms with Gasteiger partial charge in [-0.2, -0.15) is 0 Å². The summed E-state index contributed by atoms with van der Waals surface area (Å²) < 4.78 is 0. The van der Waals surface area contributed by atoms with Crippen molar-refractivity contribution in [2.75, 3.05) is 0 Å². The molecule has 0 aliphatic carbocycles. The summed E-state index contributed by atoms with van der Waals surface area (Å²) in [7, 11) is 0. The minimum Gasteiger partial charge on any atom is -0.550 e. The van der Waals surface area contributed by atoms with Crippen LogP contribution in [0.5, 0.6) is 0 Å². The first kappa shape index (κ1) is 12.7. The Bertz CT molecular complexity index is 94.9. The summed E-state index contributed by atoms with van der Waals surface area (Å²) in [5.74, 6) is -1.22. The van der Waals surface area contributed by atoms with Gasteiger partial charge in [-0.05, 0) is 13.8 Å². The molecule has 3 nitrogen and oxygen atoms in total. The molecule has 0 unspecified atom stereocenters. The van der Waals surface area contributed by atoms with Gasteiger partial charge in [0, 0.05) is 12.4 Å². The van der Waals surface area contributed by atoms with Crippen molar-refractivity contribution in [1.82, 2.24) is 0 Å². The van der Waals surface area contributed by atoms with Gasteiger partial charge in [-0.25, -0.2) is 0 Å². The van der Waals surface area contributed by atoms with Gasteiger partial charge in [-0.3, -0.25) is 0 Å². The van der Waals surface area contributed by atoms with Crippen LogP contribution in [0.3, 0.4) is 0 Å². The zero-order valence-electron chi connectivity index (χ0n) is 5.97. The third-order valence-electron chi connectivity index (χ3n) is 0.577. The number of hydrogen-bond acceptors (Lipinski definition) is 3. The minimum atomic E-state index is -1.22. The monoisotopic (exact) mass is 156 g/mol. The van der Waals surface area contributed by atoms with Gasteiger partial charge >= 0.3 is 51.4 Å². The summed E-state index contributed by atoms with van der Waals surface area (Å²) in [5, 5.41) is 18.5. The van der Waals surface area contributed by atoms with Gasteiger partial charge < -0.3 is 15.0 Å². The molecule has 0 bridgehead atoms. The molecular formula is C5H9KO3. The molecule has 0 aliphatic heterocycles. The van der Waals surface area contributed by atoms with Crippen LogP contribution >= 0.6 is 0 Å². The van der Waals surface area contributed by atoms with E-state index in [0.29, 0.717) is 0 Å². The molecule has 48 valence electrons. The van der Waals surface area contributed by atoms with E-state index in [0.717, 1.165) is 0 Å². The molecule has 1 N–H and O–H groups in total. The second kappa shape index (κ2) is 4.82. The van der Waals surface area contributed by atoms with Gasteiger partial charge in [-0.1, -0.05) is 0 Å². The van der Waals surface area contributed by atoms with Gasteiger partial charge in [-0.15, -0.1) is 0 Å². The number of carboxylic acids is 1. The number of carbonyl (C=O) groups excluding carboxylic acids is 1. The molecule has 0 saturated heterocycles. The van der Waals surface area contributed by atoms with Crippen molar-refractivity contribution < 1.29 is 66.4 Å². The number of rotatable bonds is 2. The van der Waals surface area contributed by atoms with E-state index in [2.05, 4.69) is 0 Å². The number of carbonyl (C=O) groups is 1. The average Bonchev–Trinajstić information content (AvgIpc) is 1.21. The van der Waals surface area contributed by atoms with E-state index in [1.54, 1.807) is 0 Å². The van der Waals surface area contributed by atoms with Crippen LogP contribution in [0.1, 0.15) is 20.3 Å². The van der Waals surface area contributed by atoms with Crippen molar-refractivity contribution in [2.45, 2.75) is 25.9 Å². The summed E-state index contributed by atoms with van der Waals surface area (Å²) >= 11 is 0. The largest absolute Gasteiger partial charge is 1.00 e. The van der Waals surface area contributed by atoms with E-state index in [1.165, 1.54) is 13.8 Å². The fourth-order valence-electron chi connectivity index (χ4n) is 0.353. The van der Waals surface area contributed by atoms with Gasteiger partial charge in [0.15, 0.2) is 0 Å². The van der Waals surface area contributed by atoms with Crippen LogP contribution in [0.25, 0.3) is 0 Å². The molecule has 0 saturated carbocycles. The number of carboxylic acid groups (broad SMARTS) is 1. The van der Waals surface area contributed by atoms with E-state index >= 15 is 0 Å². The first-order valence-electron chi connectivity index (χ1n) is 2.34. The van der Waals surface area contributed by atoms with E-state index in [9.17, 15) is 9.90 Å². The molecule has 0 aromatic carbocycles. The number of aliphatic carboxylic acids is 1. The van der Waals surface area contributed by atoms with Crippen molar-refractivity contribution in [1.29, 1.82) is 0 Å². The van der Waals surface area contributed by atoms with Crippen LogP contribution in [-0.4, -0.2) is 16.7 Å². The Labute approximate surface area is 96.9 Å². The molecular weight excluding hydrogens is 147 g/mol. The topological polar surface area (TPSA) is 60.4 Å². The van der Waals surface area contributed by atoms with Crippen LogP contribution in [-0.2, 0) is 4.79 Å². The predicted molar refractivity (Wildman–Crippen MR) is 25.9 cm³/mol. The molecule has 0 aromatic rings. The van der Waals surface area contributed by atoms with Gasteiger partial charge in [0.2, 0.25) is 0 Å². The molecule has 0 aliphatic rings. The maximum atomic E-state index is 9.74. The SMILES string of the molecule is CC(C)(O)CC(=O)[O-].[K+]. The zero-order chi connectivity index (χ0) is 6.78. The molecule has 9 heavy (non-hydrogen) atoms. The third-order valence-corrected chi connectivity index (χ3v) is 0.577. The van der Waals surface area contributed by atoms with Gasteiger partial charge in [0.05, 0.1) is 5.60 Å². The second-order valence-corrected chi connectivity index (χ2v) is 2.36. The van der Waals surface area contributed by atoms with Crippen molar-refractivity contribution in [2.24, 2.45) is 0 Å².